The Morgan fingerprint density at radius 1 is 0.829 bits per heavy atom. The van der Waals surface area contributed by atoms with Gasteiger partial charge in [0, 0.05) is 13.0 Å². The lowest BCUT2D eigenvalue weighted by Gasteiger charge is -2.40. The van der Waals surface area contributed by atoms with Crippen LogP contribution in [0.4, 0.5) is 4.79 Å². The first-order chi connectivity index (χ1) is 19.5. The largest absolute Gasteiger partial charge is 0.480 e. The second-order valence-electron chi connectivity index (χ2n) is 11.1. The Kier molecular flexibility index (Phi) is 13.9. The Hall–Kier alpha value is -3.88. The highest BCUT2D eigenvalue weighted by Crippen LogP contribution is 2.20. The molecule has 0 bridgehead atoms. The molecule has 0 aliphatic heterocycles. The second-order valence-corrected chi connectivity index (χ2v) is 11.1. The van der Waals surface area contributed by atoms with Gasteiger partial charge in [0.05, 0.1) is 0 Å². The minimum Gasteiger partial charge on any atom is -0.480 e. The Bertz CT molecular complexity index is 1110. The highest BCUT2D eigenvalue weighted by atomic mass is 16.5. The number of rotatable bonds is 15. The summed E-state index contributed by atoms with van der Waals surface area (Å²) in [6, 6.07) is 16.6. The molecule has 0 aliphatic rings. The topological polar surface area (TPSA) is 116 Å². The lowest BCUT2D eigenvalue weighted by molar-refractivity contribution is -0.179. The zero-order valence-corrected chi connectivity index (χ0v) is 24.9. The molecule has 0 radical (unpaired) electrons. The monoisotopic (exact) mass is 567 g/mol. The molecule has 2 N–H and O–H groups in total. The number of ether oxygens (including phenoxy) is 1. The van der Waals surface area contributed by atoms with E-state index in [9.17, 15) is 24.3 Å². The van der Waals surface area contributed by atoms with E-state index in [1.54, 1.807) is 0 Å². The van der Waals surface area contributed by atoms with Gasteiger partial charge in [-0.05, 0) is 55.6 Å². The van der Waals surface area contributed by atoms with Crippen LogP contribution < -0.4 is 5.32 Å². The maximum Gasteiger partial charge on any atom is 0.408 e. The number of amides is 3. The molecule has 2 aromatic carbocycles. The van der Waals surface area contributed by atoms with Crippen molar-refractivity contribution in [3.8, 4) is 0 Å². The number of carbonyl (C=O) groups is 4. The van der Waals surface area contributed by atoms with E-state index in [2.05, 4.69) is 5.32 Å². The summed E-state index contributed by atoms with van der Waals surface area (Å²) >= 11 is 0. The SMILES string of the molecule is CC(C)CCC(=O)N(C(CCCc1ccccc1)C(=O)O)N(CC(C)C)C(=O)[C@@H](C)NC(=O)OCc1ccccc1. The molecule has 224 valence electrons. The third-order valence-electron chi connectivity index (χ3n) is 6.53. The molecule has 0 spiro atoms. The van der Waals surface area contributed by atoms with Gasteiger partial charge in [-0.2, -0.15) is 0 Å². The van der Waals surface area contributed by atoms with Crippen LogP contribution in [0.25, 0.3) is 0 Å². The van der Waals surface area contributed by atoms with Crippen LogP contribution in [-0.2, 0) is 32.1 Å². The smallest absolute Gasteiger partial charge is 0.408 e. The molecule has 0 saturated carbocycles. The van der Waals surface area contributed by atoms with Gasteiger partial charge in [-0.25, -0.2) is 19.6 Å². The third-order valence-corrected chi connectivity index (χ3v) is 6.53. The summed E-state index contributed by atoms with van der Waals surface area (Å²) < 4.78 is 5.27. The Labute approximate surface area is 243 Å². The van der Waals surface area contributed by atoms with Crippen LogP contribution in [0.3, 0.4) is 0 Å². The van der Waals surface area contributed by atoms with Crippen molar-refractivity contribution in [2.75, 3.05) is 6.54 Å². The van der Waals surface area contributed by atoms with Crippen molar-refractivity contribution < 1.29 is 29.0 Å². The van der Waals surface area contributed by atoms with Gasteiger partial charge in [0.1, 0.15) is 12.6 Å². The van der Waals surface area contributed by atoms with Gasteiger partial charge in [-0.1, -0.05) is 88.4 Å². The van der Waals surface area contributed by atoms with Crippen molar-refractivity contribution in [3.63, 3.8) is 0 Å². The number of benzene rings is 2. The van der Waals surface area contributed by atoms with Crippen molar-refractivity contribution >= 4 is 23.9 Å². The van der Waals surface area contributed by atoms with Gasteiger partial charge in [-0.15, -0.1) is 0 Å². The van der Waals surface area contributed by atoms with Crippen molar-refractivity contribution in [2.45, 2.75) is 85.4 Å². The zero-order chi connectivity index (χ0) is 30.4. The highest BCUT2D eigenvalue weighted by molar-refractivity contribution is 5.90. The van der Waals surface area contributed by atoms with Crippen LogP contribution in [0.2, 0.25) is 0 Å². The van der Waals surface area contributed by atoms with E-state index < -0.39 is 36.0 Å². The molecule has 41 heavy (non-hydrogen) atoms. The van der Waals surface area contributed by atoms with E-state index in [1.165, 1.54) is 11.9 Å². The number of alkyl carbamates (subject to hydrolysis) is 1. The Balaban J connectivity index is 2.26. The summed E-state index contributed by atoms with van der Waals surface area (Å²) in [4.78, 5) is 52.5. The Morgan fingerprint density at radius 3 is 1.95 bits per heavy atom. The average molecular weight is 568 g/mol. The first-order valence-corrected chi connectivity index (χ1v) is 14.4. The number of hydrogen-bond acceptors (Lipinski definition) is 5. The number of aliphatic carboxylic acids is 1. The van der Waals surface area contributed by atoms with Gasteiger partial charge < -0.3 is 15.2 Å². The standard InChI is InChI=1S/C32H45N3O6/c1-23(2)19-20-29(36)35(28(31(38)39)18-12-17-26-13-8-6-9-14-26)34(21-24(3)4)30(37)25(5)33-32(40)41-22-27-15-10-7-11-16-27/h6-11,13-16,23-25,28H,12,17-22H2,1-5H3,(H,33,40)(H,38,39)/t25-,28?/m1/s1. The van der Waals surface area contributed by atoms with E-state index in [4.69, 9.17) is 4.74 Å². The quantitative estimate of drug-likeness (QED) is 0.277. The molecule has 9 heteroatoms. The van der Waals surface area contributed by atoms with E-state index >= 15 is 0 Å². The lowest BCUT2D eigenvalue weighted by Crippen LogP contribution is -2.61. The van der Waals surface area contributed by atoms with Crippen LogP contribution in [0.1, 0.15) is 71.4 Å². The number of carboxylic acid groups (broad SMARTS) is 1. The number of nitrogens with zero attached hydrogens (tertiary/aromatic N) is 2. The number of nitrogens with one attached hydrogen (secondary N) is 1. The summed E-state index contributed by atoms with van der Waals surface area (Å²) in [5.74, 6) is -2.05. The lowest BCUT2D eigenvalue weighted by atomic mass is 10.0. The number of hydrazine groups is 1. The van der Waals surface area contributed by atoms with Crippen molar-refractivity contribution in [1.29, 1.82) is 0 Å². The molecule has 0 fully saturated rings. The Morgan fingerprint density at radius 2 is 1.41 bits per heavy atom. The zero-order valence-electron chi connectivity index (χ0n) is 24.9. The molecule has 0 aromatic heterocycles. The molecule has 3 amide bonds. The summed E-state index contributed by atoms with van der Waals surface area (Å²) in [5, 5.41) is 15.2. The summed E-state index contributed by atoms with van der Waals surface area (Å²) in [7, 11) is 0. The molecule has 0 saturated heterocycles. The fourth-order valence-electron chi connectivity index (χ4n) is 4.35. The van der Waals surface area contributed by atoms with Gasteiger partial charge in [0.2, 0.25) is 5.91 Å². The fraction of sp³-hybridized carbons (Fsp3) is 0.500. The van der Waals surface area contributed by atoms with Gasteiger partial charge in [-0.3, -0.25) is 9.59 Å². The van der Waals surface area contributed by atoms with E-state index in [0.29, 0.717) is 19.3 Å². The van der Waals surface area contributed by atoms with Gasteiger partial charge >= 0.3 is 12.1 Å². The second kappa shape index (κ2) is 17.0. The molecular formula is C32H45N3O6. The van der Waals surface area contributed by atoms with Crippen molar-refractivity contribution in [3.05, 3.63) is 71.8 Å². The maximum absolute atomic E-state index is 13.8. The molecule has 2 atom stereocenters. The minimum absolute atomic E-state index is 0.0333. The van der Waals surface area contributed by atoms with E-state index in [-0.39, 0.29) is 37.8 Å². The van der Waals surface area contributed by atoms with Crippen molar-refractivity contribution in [1.82, 2.24) is 15.3 Å². The van der Waals surface area contributed by atoms with Crippen LogP contribution in [0, 0.1) is 11.8 Å². The highest BCUT2D eigenvalue weighted by Gasteiger charge is 2.38. The summed E-state index contributed by atoms with van der Waals surface area (Å²) in [5.41, 5.74) is 1.86. The van der Waals surface area contributed by atoms with Crippen LogP contribution in [0.5, 0.6) is 0 Å². The number of carbonyl (C=O) groups excluding carboxylic acids is 3. The normalized spacial score (nSPS) is 12.5. The van der Waals surface area contributed by atoms with Gasteiger partial charge in [0.25, 0.3) is 5.91 Å². The fourth-order valence-corrected chi connectivity index (χ4v) is 4.35. The molecule has 2 rings (SSSR count). The van der Waals surface area contributed by atoms with Gasteiger partial charge in [0.15, 0.2) is 6.04 Å². The van der Waals surface area contributed by atoms with Crippen LogP contribution in [0.15, 0.2) is 60.7 Å². The van der Waals surface area contributed by atoms with Crippen LogP contribution >= 0.6 is 0 Å². The van der Waals surface area contributed by atoms with Crippen molar-refractivity contribution in [2.24, 2.45) is 11.8 Å². The molecule has 1 unspecified atom stereocenters. The molecule has 0 heterocycles. The molecular weight excluding hydrogens is 522 g/mol. The summed E-state index contributed by atoms with van der Waals surface area (Å²) in [6.45, 7) is 9.38. The third kappa shape index (κ3) is 11.6. The first-order valence-electron chi connectivity index (χ1n) is 14.4. The molecule has 9 nitrogen and oxygen atoms in total. The number of aryl methyl sites for hydroxylation is 1. The first kappa shape index (κ1) is 33.3. The number of hydrogen-bond donors (Lipinski definition) is 2. The maximum atomic E-state index is 13.8. The number of carboxylic acids is 1. The van der Waals surface area contributed by atoms with E-state index in [1.807, 2.05) is 88.4 Å². The molecule has 2 aromatic rings. The average Bonchev–Trinajstić information content (AvgIpc) is 2.94. The minimum atomic E-state index is -1.24. The van der Waals surface area contributed by atoms with E-state index in [0.717, 1.165) is 16.1 Å². The van der Waals surface area contributed by atoms with Crippen LogP contribution in [-0.4, -0.2) is 57.6 Å². The predicted molar refractivity (Wildman–Crippen MR) is 157 cm³/mol. The molecule has 0 aliphatic carbocycles. The summed E-state index contributed by atoms with van der Waals surface area (Å²) in [6.07, 6.45) is 1.19. The predicted octanol–water partition coefficient (Wildman–Crippen LogP) is 5.44.